The number of esters is 1. The number of H-pyrrole nitrogens is 1. The van der Waals surface area contributed by atoms with Gasteiger partial charge in [-0.25, -0.2) is 0 Å². The Bertz CT molecular complexity index is 817. The molecule has 1 N–H and O–H groups in total. The molecule has 0 fully saturated rings. The standard InChI is InChI=1S/C22H29NO2/c1-6-15-9-8-10-17-19-16(14(3)4)11-12-22(7-2,13-18(24)25-5)21(19)23-20(15)17/h8-10,16,23H,3,6-7,11-13H2,1-2,4-5H3. The van der Waals surface area contributed by atoms with Gasteiger partial charge in [-0.1, -0.05) is 44.2 Å². The Balaban J connectivity index is 2.28. The summed E-state index contributed by atoms with van der Waals surface area (Å²) >= 11 is 0. The van der Waals surface area contributed by atoms with E-state index in [9.17, 15) is 4.79 Å². The lowest BCUT2D eigenvalue weighted by molar-refractivity contribution is -0.142. The monoisotopic (exact) mass is 339 g/mol. The smallest absolute Gasteiger partial charge is 0.306 e. The molecule has 0 saturated heterocycles. The highest BCUT2D eigenvalue weighted by molar-refractivity contribution is 5.89. The van der Waals surface area contributed by atoms with Crippen LogP contribution in [0.15, 0.2) is 30.4 Å². The molecule has 0 spiro atoms. The van der Waals surface area contributed by atoms with Crippen LogP contribution in [0.5, 0.6) is 0 Å². The van der Waals surface area contributed by atoms with E-state index < -0.39 is 0 Å². The molecule has 25 heavy (non-hydrogen) atoms. The Kier molecular flexibility index (Phi) is 4.77. The van der Waals surface area contributed by atoms with Gasteiger partial charge in [0.15, 0.2) is 0 Å². The summed E-state index contributed by atoms with van der Waals surface area (Å²) in [6.07, 6.45) is 4.37. The van der Waals surface area contributed by atoms with E-state index in [1.807, 2.05) is 0 Å². The Morgan fingerprint density at radius 3 is 2.76 bits per heavy atom. The maximum atomic E-state index is 12.2. The number of carbonyl (C=O) groups excluding carboxylic acids is 1. The van der Waals surface area contributed by atoms with Gasteiger partial charge in [0.1, 0.15) is 0 Å². The molecule has 2 unspecified atom stereocenters. The van der Waals surface area contributed by atoms with Gasteiger partial charge in [-0.2, -0.15) is 0 Å². The summed E-state index contributed by atoms with van der Waals surface area (Å²) in [5.41, 5.74) is 6.18. The van der Waals surface area contributed by atoms with Crippen molar-refractivity contribution in [3.63, 3.8) is 0 Å². The van der Waals surface area contributed by atoms with Crippen molar-refractivity contribution in [3.05, 3.63) is 47.2 Å². The molecule has 0 aliphatic heterocycles. The normalized spacial score (nSPS) is 22.6. The minimum atomic E-state index is -0.168. The van der Waals surface area contributed by atoms with Gasteiger partial charge in [0, 0.05) is 27.9 Å². The Hall–Kier alpha value is -2.03. The summed E-state index contributed by atoms with van der Waals surface area (Å²) in [7, 11) is 1.48. The molecule has 3 nitrogen and oxygen atoms in total. The molecular weight excluding hydrogens is 310 g/mol. The molecule has 2 atom stereocenters. The first kappa shape index (κ1) is 17.8. The third-order valence-corrected chi connectivity index (χ3v) is 6.11. The highest BCUT2D eigenvalue weighted by Gasteiger charge is 2.43. The van der Waals surface area contributed by atoms with Crippen molar-refractivity contribution in [1.29, 1.82) is 0 Å². The minimum absolute atomic E-state index is 0.129. The number of ether oxygens (including phenoxy) is 1. The van der Waals surface area contributed by atoms with Crippen LogP contribution in [0.4, 0.5) is 0 Å². The number of allylic oxidation sites excluding steroid dienone is 1. The number of para-hydroxylation sites is 1. The summed E-state index contributed by atoms with van der Waals surface area (Å²) in [6.45, 7) is 10.7. The molecule has 2 aromatic rings. The van der Waals surface area contributed by atoms with Crippen molar-refractivity contribution in [2.75, 3.05) is 7.11 Å². The molecule has 3 heteroatoms. The number of hydrogen-bond donors (Lipinski definition) is 1. The molecule has 0 amide bonds. The van der Waals surface area contributed by atoms with E-state index in [1.165, 1.54) is 40.4 Å². The van der Waals surface area contributed by atoms with Crippen LogP contribution >= 0.6 is 0 Å². The molecule has 1 aliphatic rings. The van der Waals surface area contributed by atoms with Crippen molar-refractivity contribution in [1.82, 2.24) is 4.98 Å². The van der Waals surface area contributed by atoms with Crippen molar-refractivity contribution >= 4 is 16.9 Å². The molecule has 134 valence electrons. The summed E-state index contributed by atoms with van der Waals surface area (Å²) in [6, 6.07) is 6.55. The van der Waals surface area contributed by atoms with Crippen LogP contribution in [-0.4, -0.2) is 18.1 Å². The van der Waals surface area contributed by atoms with Gasteiger partial charge in [0.25, 0.3) is 0 Å². The average Bonchev–Trinajstić information content (AvgIpc) is 3.02. The molecule has 1 aliphatic carbocycles. The van der Waals surface area contributed by atoms with Gasteiger partial charge in [-0.15, -0.1) is 0 Å². The lowest BCUT2D eigenvalue weighted by Crippen LogP contribution is -2.35. The lowest BCUT2D eigenvalue weighted by Gasteiger charge is -2.39. The first-order valence-corrected chi connectivity index (χ1v) is 9.33. The summed E-state index contributed by atoms with van der Waals surface area (Å²) in [4.78, 5) is 15.9. The summed E-state index contributed by atoms with van der Waals surface area (Å²) in [5.74, 6) is 0.226. The van der Waals surface area contributed by atoms with Crippen molar-refractivity contribution in [2.24, 2.45) is 0 Å². The van der Waals surface area contributed by atoms with E-state index in [0.29, 0.717) is 12.3 Å². The molecule has 3 rings (SSSR count). The summed E-state index contributed by atoms with van der Waals surface area (Å²) in [5, 5.41) is 1.30. The first-order chi connectivity index (χ1) is 12.0. The topological polar surface area (TPSA) is 42.1 Å². The molecule has 0 bridgehead atoms. The zero-order chi connectivity index (χ0) is 18.2. The van der Waals surface area contributed by atoms with Crippen LogP contribution in [0.1, 0.15) is 69.2 Å². The van der Waals surface area contributed by atoms with E-state index in [2.05, 4.69) is 50.5 Å². The highest BCUT2D eigenvalue weighted by atomic mass is 16.5. The van der Waals surface area contributed by atoms with Crippen LogP contribution in [-0.2, 0) is 21.4 Å². The first-order valence-electron chi connectivity index (χ1n) is 9.33. The van der Waals surface area contributed by atoms with Gasteiger partial charge < -0.3 is 9.72 Å². The Morgan fingerprint density at radius 1 is 1.40 bits per heavy atom. The quantitative estimate of drug-likeness (QED) is 0.586. The number of benzene rings is 1. The fourth-order valence-corrected chi connectivity index (χ4v) is 4.56. The second-order valence-electron chi connectivity index (χ2n) is 7.43. The number of rotatable bonds is 5. The molecule has 1 heterocycles. The van der Waals surface area contributed by atoms with Crippen LogP contribution in [0, 0.1) is 0 Å². The zero-order valence-corrected chi connectivity index (χ0v) is 15.9. The highest BCUT2D eigenvalue weighted by Crippen LogP contribution is 2.51. The van der Waals surface area contributed by atoms with E-state index in [-0.39, 0.29) is 11.4 Å². The zero-order valence-electron chi connectivity index (χ0n) is 15.9. The van der Waals surface area contributed by atoms with E-state index >= 15 is 0 Å². The van der Waals surface area contributed by atoms with Crippen LogP contribution in [0.2, 0.25) is 0 Å². The van der Waals surface area contributed by atoms with Crippen molar-refractivity contribution in [2.45, 2.75) is 64.2 Å². The number of hydrogen-bond acceptors (Lipinski definition) is 2. The van der Waals surface area contributed by atoms with Crippen LogP contribution < -0.4 is 0 Å². The number of fused-ring (bicyclic) bond motifs is 3. The Labute approximate surface area is 150 Å². The van der Waals surface area contributed by atoms with E-state index in [4.69, 9.17) is 4.74 Å². The number of nitrogens with one attached hydrogen (secondary N) is 1. The van der Waals surface area contributed by atoms with Gasteiger partial charge in [-0.05, 0) is 43.7 Å². The van der Waals surface area contributed by atoms with Crippen LogP contribution in [0.3, 0.4) is 0 Å². The average molecular weight is 339 g/mol. The lowest BCUT2D eigenvalue weighted by atomic mass is 9.65. The number of aromatic amines is 1. The number of aryl methyl sites for hydroxylation is 1. The van der Waals surface area contributed by atoms with Crippen molar-refractivity contribution in [3.8, 4) is 0 Å². The fraction of sp³-hybridized carbons (Fsp3) is 0.500. The van der Waals surface area contributed by atoms with Gasteiger partial charge >= 0.3 is 5.97 Å². The maximum absolute atomic E-state index is 12.2. The molecule has 1 aromatic heterocycles. The maximum Gasteiger partial charge on any atom is 0.306 e. The third-order valence-electron chi connectivity index (χ3n) is 6.11. The van der Waals surface area contributed by atoms with Gasteiger partial charge in [0.05, 0.1) is 13.5 Å². The predicted molar refractivity (Wildman–Crippen MR) is 103 cm³/mol. The molecular formula is C22H29NO2. The fourth-order valence-electron chi connectivity index (χ4n) is 4.56. The number of methoxy groups -OCH3 is 1. The minimum Gasteiger partial charge on any atom is -0.469 e. The molecule has 0 saturated carbocycles. The summed E-state index contributed by atoms with van der Waals surface area (Å²) < 4.78 is 5.02. The SMILES string of the molecule is C=C(C)C1CCC(CC)(CC(=O)OC)c2[nH]c3c(CC)cccc3c21. The van der Waals surface area contributed by atoms with Crippen molar-refractivity contribution < 1.29 is 9.53 Å². The van der Waals surface area contributed by atoms with E-state index in [0.717, 1.165) is 25.7 Å². The van der Waals surface area contributed by atoms with Crippen LogP contribution in [0.25, 0.3) is 10.9 Å². The predicted octanol–water partition coefficient (Wildman–Crippen LogP) is 5.39. The molecule has 1 aromatic carbocycles. The largest absolute Gasteiger partial charge is 0.469 e. The third kappa shape index (κ3) is 2.80. The van der Waals surface area contributed by atoms with Gasteiger partial charge in [-0.3, -0.25) is 4.79 Å². The Morgan fingerprint density at radius 2 is 2.16 bits per heavy atom. The molecule has 0 radical (unpaired) electrons. The van der Waals surface area contributed by atoms with Gasteiger partial charge in [0.2, 0.25) is 0 Å². The second kappa shape index (κ2) is 6.70. The van der Waals surface area contributed by atoms with E-state index in [1.54, 1.807) is 0 Å². The number of aromatic nitrogens is 1. The number of carbonyl (C=O) groups is 1. The second-order valence-corrected chi connectivity index (χ2v) is 7.43.